The lowest BCUT2D eigenvalue weighted by Gasteiger charge is -2.22. The van der Waals surface area contributed by atoms with Crippen molar-refractivity contribution in [1.82, 2.24) is 0 Å². The summed E-state index contributed by atoms with van der Waals surface area (Å²) in [5.74, 6) is -2.48. The third-order valence-corrected chi connectivity index (χ3v) is 4.25. The highest BCUT2D eigenvalue weighted by atomic mass is 32.2. The molecule has 2 rings (SSSR count). The van der Waals surface area contributed by atoms with Crippen LogP contribution in [0, 0.1) is 0 Å². The summed E-state index contributed by atoms with van der Waals surface area (Å²) in [7, 11) is -6.09. The summed E-state index contributed by atoms with van der Waals surface area (Å²) in [5, 5.41) is 3.14. The van der Waals surface area contributed by atoms with E-state index in [0.717, 1.165) is 0 Å². The standard InChI is InChI=1S/C10H12F3N3O7S/c1-9(2)20-3-4(22-9)6-5(15-16-14)7(8(17)21-6)23-24(18,19)10(11,12)13/h4-7H,3H2,1-2H3/t4-,5?,6-,7-/m1/s1. The highest BCUT2D eigenvalue weighted by Gasteiger charge is 2.57. The van der Waals surface area contributed by atoms with Crippen LogP contribution in [-0.2, 0) is 33.3 Å². The number of alkyl halides is 3. The van der Waals surface area contributed by atoms with Gasteiger partial charge in [0.2, 0.25) is 0 Å². The predicted octanol–water partition coefficient (Wildman–Crippen LogP) is 0.977. The zero-order valence-electron chi connectivity index (χ0n) is 12.3. The maximum absolute atomic E-state index is 12.4. The molecule has 0 aromatic rings. The number of azide groups is 1. The van der Waals surface area contributed by atoms with Crippen molar-refractivity contribution in [3.05, 3.63) is 10.4 Å². The van der Waals surface area contributed by atoms with Crippen molar-refractivity contribution in [3.8, 4) is 0 Å². The van der Waals surface area contributed by atoms with Gasteiger partial charge in [0.25, 0.3) is 0 Å². The van der Waals surface area contributed by atoms with Crippen LogP contribution in [0.1, 0.15) is 13.8 Å². The average Bonchev–Trinajstić information content (AvgIpc) is 2.91. The van der Waals surface area contributed by atoms with Crippen molar-refractivity contribution in [2.24, 2.45) is 5.11 Å². The van der Waals surface area contributed by atoms with Crippen LogP contribution in [0.5, 0.6) is 0 Å². The van der Waals surface area contributed by atoms with Gasteiger partial charge in [0.15, 0.2) is 11.9 Å². The Labute approximate surface area is 133 Å². The number of rotatable bonds is 4. The maximum atomic E-state index is 12.4. The van der Waals surface area contributed by atoms with Gasteiger partial charge in [0.05, 0.1) is 6.61 Å². The van der Waals surface area contributed by atoms with Crippen LogP contribution in [0.2, 0.25) is 0 Å². The minimum atomic E-state index is -6.09. The van der Waals surface area contributed by atoms with E-state index < -0.39 is 51.7 Å². The Morgan fingerprint density at radius 3 is 2.50 bits per heavy atom. The minimum Gasteiger partial charge on any atom is -0.457 e. The summed E-state index contributed by atoms with van der Waals surface area (Å²) < 4.78 is 78.7. The smallest absolute Gasteiger partial charge is 0.457 e. The number of cyclic esters (lactones) is 1. The first kappa shape index (κ1) is 18.7. The molecule has 2 fully saturated rings. The van der Waals surface area contributed by atoms with E-state index in [4.69, 9.17) is 19.7 Å². The molecule has 0 amide bonds. The monoisotopic (exact) mass is 375 g/mol. The fraction of sp³-hybridized carbons (Fsp3) is 0.900. The van der Waals surface area contributed by atoms with Gasteiger partial charge in [-0.1, -0.05) is 5.11 Å². The summed E-state index contributed by atoms with van der Waals surface area (Å²) >= 11 is 0. The highest BCUT2D eigenvalue weighted by molar-refractivity contribution is 7.87. The van der Waals surface area contributed by atoms with E-state index in [1.54, 1.807) is 0 Å². The van der Waals surface area contributed by atoms with Crippen LogP contribution < -0.4 is 0 Å². The topological polar surface area (TPSA) is 137 Å². The molecule has 4 atom stereocenters. The molecule has 0 aliphatic carbocycles. The molecule has 0 saturated carbocycles. The minimum absolute atomic E-state index is 0.110. The summed E-state index contributed by atoms with van der Waals surface area (Å²) in [5.41, 5.74) is 2.80. The summed E-state index contributed by atoms with van der Waals surface area (Å²) in [6.45, 7) is 2.96. The molecule has 0 spiro atoms. The van der Waals surface area contributed by atoms with Crippen molar-refractivity contribution in [1.29, 1.82) is 0 Å². The third kappa shape index (κ3) is 3.57. The van der Waals surface area contributed by atoms with E-state index in [2.05, 4.69) is 14.2 Å². The van der Waals surface area contributed by atoms with Crippen LogP contribution in [-0.4, -0.2) is 56.6 Å². The van der Waals surface area contributed by atoms with E-state index in [-0.39, 0.29) is 6.61 Å². The fourth-order valence-corrected chi connectivity index (χ4v) is 2.80. The second-order valence-electron chi connectivity index (χ2n) is 5.38. The molecule has 2 heterocycles. The zero-order valence-corrected chi connectivity index (χ0v) is 13.1. The van der Waals surface area contributed by atoms with Crippen molar-refractivity contribution in [2.45, 2.75) is 49.5 Å². The second-order valence-corrected chi connectivity index (χ2v) is 6.94. The van der Waals surface area contributed by atoms with Gasteiger partial charge in [0, 0.05) is 4.91 Å². The van der Waals surface area contributed by atoms with E-state index in [0.29, 0.717) is 0 Å². The molecular formula is C10H12F3N3O7S. The van der Waals surface area contributed by atoms with Gasteiger partial charge >= 0.3 is 21.6 Å². The first-order valence-corrected chi connectivity index (χ1v) is 7.85. The number of esters is 1. The average molecular weight is 375 g/mol. The first-order chi connectivity index (χ1) is 10.9. The molecule has 136 valence electrons. The molecule has 0 bridgehead atoms. The molecule has 0 N–H and O–H groups in total. The van der Waals surface area contributed by atoms with E-state index >= 15 is 0 Å². The van der Waals surface area contributed by atoms with E-state index in [1.165, 1.54) is 13.8 Å². The molecule has 1 unspecified atom stereocenters. The number of halogens is 3. The number of carbonyl (C=O) groups is 1. The highest BCUT2D eigenvalue weighted by Crippen LogP contribution is 2.35. The maximum Gasteiger partial charge on any atom is 0.523 e. The number of hydrogen-bond donors (Lipinski definition) is 0. The van der Waals surface area contributed by atoms with Crippen LogP contribution >= 0.6 is 0 Å². The fourth-order valence-electron chi connectivity index (χ4n) is 2.23. The number of nitrogens with zero attached hydrogens (tertiary/aromatic N) is 3. The Bertz CT molecular complexity index is 674. The lowest BCUT2D eigenvalue weighted by Crippen LogP contribution is -2.42. The summed E-state index contributed by atoms with van der Waals surface area (Å²) in [6.07, 6.45) is -4.60. The van der Waals surface area contributed by atoms with Crippen LogP contribution in [0.3, 0.4) is 0 Å². The largest absolute Gasteiger partial charge is 0.523 e. The lowest BCUT2D eigenvalue weighted by molar-refractivity contribution is -0.163. The first-order valence-electron chi connectivity index (χ1n) is 6.44. The van der Waals surface area contributed by atoms with Crippen molar-refractivity contribution in [3.63, 3.8) is 0 Å². The quantitative estimate of drug-likeness (QED) is 0.178. The van der Waals surface area contributed by atoms with Crippen molar-refractivity contribution in [2.75, 3.05) is 6.61 Å². The van der Waals surface area contributed by atoms with Crippen LogP contribution in [0.25, 0.3) is 10.4 Å². The number of hydrogen-bond acceptors (Lipinski definition) is 8. The SMILES string of the molecule is CC1(C)OC[C@H]([C@H]2OC(=O)[C@H](OS(=O)(=O)C(F)(F)F)C2N=[N+]=[N-])O1. The van der Waals surface area contributed by atoms with Gasteiger partial charge in [-0.2, -0.15) is 21.6 Å². The zero-order chi connectivity index (χ0) is 18.3. The Morgan fingerprint density at radius 2 is 2.04 bits per heavy atom. The van der Waals surface area contributed by atoms with Gasteiger partial charge in [-0.05, 0) is 19.4 Å². The van der Waals surface area contributed by atoms with Gasteiger partial charge in [0.1, 0.15) is 18.2 Å². The summed E-state index contributed by atoms with van der Waals surface area (Å²) in [6, 6.07) is -1.68. The third-order valence-electron chi connectivity index (χ3n) is 3.23. The van der Waals surface area contributed by atoms with Gasteiger partial charge in [-0.3, -0.25) is 0 Å². The van der Waals surface area contributed by atoms with Gasteiger partial charge in [-0.15, -0.1) is 0 Å². The molecule has 0 aromatic carbocycles. The number of carbonyl (C=O) groups excluding carboxylic acids is 1. The molecule has 14 heteroatoms. The molecule has 24 heavy (non-hydrogen) atoms. The molecule has 2 aliphatic heterocycles. The second kappa shape index (κ2) is 6.04. The molecule has 0 aromatic heterocycles. The van der Waals surface area contributed by atoms with Crippen LogP contribution in [0.4, 0.5) is 13.2 Å². The Morgan fingerprint density at radius 1 is 1.42 bits per heavy atom. The predicted molar refractivity (Wildman–Crippen MR) is 67.6 cm³/mol. The molecule has 0 radical (unpaired) electrons. The van der Waals surface area contributed by atoms with Crippen molar-refractivity contribution >= 4 is 16.1 Å². The van der Waals surface area contributed by atoms with E-state index in [1.807, 2.05) is 0 Å². The van der Waals surface area contributed by atoms with Gasteiger partial charge < -0.3 is 14.2 Å². The van der Waals surface area contributed by atoms with Gasteiger partial charge in [-0.25, -0.2) is 8.98 Å². The molecule has 2 aliphatic rings. The van der Waals surface area contributed by atoms with Crippen molar-refractivity contribution < 1.29 is 44.8 Å². The Kier molecular flexibility index (Phi) is 4.71. The Balaban J connectivity index is 2.26. The normalized spacial score (nSPS) is 33.1. The summed E-state index contributed by atoms with van der Waals surface area (Å²) in [4.78, 5) is 14.1. The Hall–Kier alpha value is -1.60. The van der Waals surface area contributed by atoms with E-state index in [9.17, 15) is 26.4 Å². The van der Waals surface area contributed by atoms with Crippen LogP contribution in [0.15, 0.2) is 5.11 Å². The molecule has 2 saturated heterocycles. The molecule has 10 nitrogen and oxygen atoms in total. The number of ether oxygens (including phenoxy) is 3. The molecular weight excluding hydrogens is 363 g/mol. The lowest BCUT2D eigenvalue weighted by atomic mass is 10.0.